The van der Waals surface area contributed by atoms with Crippen molar-refractivity contribution in [3.8, 4) is 0 Å². The zero-order valence-electron chi connectivity index (χ0n) is 14.3. The first-order chi connectivity index (χ1) is 12.5. The molecule has 1 aliphatic heterocycles. The lowest BCUT2D eigenvalue weighted by Gasteiger charge is -2.16. The minimum absolute atomic E-state index is 0.0300. The molecule has 26 heavy (non-hydrogen) atoms. The zero-order chi connectivity index (χ0) is 18.5. The van der Waals surface area contributed by atoms with Gasteiger partial charge in [0.15, 0.2) is 0 Å². The summed E-state index contributed by atoms with van der Waals surface area (Å²) in [7, 11) is 0. The summed E-state index contributed by atoms with van der Waals surface area (Å²) < 4.78 is 26.4. The van der Waals surface area contributed by atoms with E-state index < -0.39 is 17.6 Å². The van der Waals surface area contributed by atoms with E-state index in [1.807, 2.05) is 30.3 Å². The van der Waals surface area contributed by atoms with E-state index in [1.54, 1.807) is 4.90 Å². The lowest BCUT2D eigenvalue weighted by Crippen LogP contribution is -2.33. The van der Waals surface area contributed by atoms with Gasteiger partial charge in [0.25, 0.3) is 0 Å². The van der Waals surface area contributed by atoms with Gasteiger partial charge < -0.3 is 10.2 Å². The fourth-order valence-electron chi connectivity index (χ4n) is 3.12. The van der Waals surface area contributed by atoms with E-state index in [0.717, 1.165) is 18.1 Å². The number of likely N-dealkylation sites (tertiary alicyclic amines) is 1. The highest BCUT2D eigenvalue weighted by Gasteiger charge is 2.33. The van der Waals surface area contributed by atoms with Crippen molar-refractivity contribution in [2.75, 3.05) is 13.1 Å². The molecule has 4 nitrogen and oxygen atoms in total. The minimum atomic E-state index is -0.683. The van der Waals surface area contributed by atoms with E-state index in [1.165, 1.54) is 12.1 Å². The van der Waals surface area contributed by atoms with E-state index >= 15 is 0 Å². The summed E-state index contributed by atoms with van der Waals surface area (Å²) >= 11 is 0. The van der Waals surface area contributed by atoms with Crippen LogP contribution in [0.3, 0.4) is 0 Å². The molecule has 2 aromatic carbocycles. The van der Waals surface area contributed by atoms with Crippen LogP contribution in [0.2, 0.25) is 0 Å². The highest BCUT2D eigenvalue weighted by atomic mass is 19.1. The standard InChI is InChI=1S/C20H20F2N2O2/c21-17-8-15(9-18(22)11-17)12-23-20(26)16-10-19(25)24(13-16)7-6-14-4-2-1-3-5-14/h1-5,8-9,11,16H,6-7,10,12-13H2,(H,23,26). The Labute approximate surface area is 150 Å². The summed E-state index contributed by atoms with van der Waals surface area (Å²) in [5, 5.41) is 2.66. The zero-order valence-corrected chi connectivity index (χ0v) is 14.3. The number of amides is 2. The second kappa shape index (κ2) is 8.08. The summed E-state index contributed by atoms with van der Waals surface area (Å²) in [5.74, 6) is -2.12. The van der Waals surface area contributed by atoms with Gasteiger partial charge in [-0.15, -0.1) is 0 Å². The first-order valence-corrected chi connectivity index (χ1v) is 8.55. The van der Waals surface area contributed by atoms with Gasteiger partial charge in [0.05, 0.1) is 5.92 Å². The summed E-state index contributed by atoms with van der Waals surface area (Å²) in [4.78, 5) is 26.1. The summed E-state index contributed by atoms with van der Waals surface area (Å²) in [6.45, 7) is 0.971. The largest absolute Gasteiger partial charge is 0.352 e. The molecule has 0 saturated carbocycles. The monoisotopic (exact) mass is 358 g/mol. The van der Waals surface area contributed by atoms with Gasteiger partial charge in [-0.25, -0.2) is 8.78 Å². The van der Waals surface area contributed by atoms with E-state index in [-0.39, 0.29) is 24.8 Å². The van der Waals surface area contributed by atoms with E-state index in [4.69, 9.17) is 0 Å². The van der Waals surface area contributed by atoms with Crippen LogP contribution in [0.1, 0.15) is 17.5 Å². The van der Waals surface area contributed by atoms with Crippen molar-refractivity contribution in [2.24, 2.45) is 5.92 Å². The molecule has 0 spiro atoms. The van der Waals surface area contributed by atoms with Crippen LogP contribution < -0.4 is 5.32 Å². The number of rotatable bonds is 6. The molecular formula is C20H20F2N2O2. The number of carbonyl (C=O) groups is 2. The molecule has 0 aliphatic carbocycles. The number of nitrogens with zero attached hydrogens (tertiary/aromatic N) is 1. The van der Waals surface area contributed by atoms with Gasteiger partial charge in [0.2, 0.25) is 11.8 Å². The van der Waals surface area contributed by atoms with Gasteiger partial charge in [0.1, 0.15) is 11.6 Å². The summed E-state index contributed by atoms with van der Waals surface area (Å²) in [6, 6.07) is 13.0. The predicted molar refractivity (Wildman–Crippen MR) is 93.0 cm³/mol. The number of halogens is 2. The van der Waals surface area contributed by atoms with Crippen molar-refractivity contribution in [1.82, 2.24) is 10.2 Å². The van der Waals surface area contributed by atoms with Crippen LogP contribution in [0.25, 0.3) is 0 Å². The highest BCUT2D eigenvalue weighted by Crippen LogP contribution is 2.19. The van der Waals surface area contributed by atoms with Gasteiger partial charge in [-0.1, -0.05) is 30.3 Å². The number of hydrogen-bond acceptors (Lipinski definition) is 2. The van der Waals surface area contributed by atoms with Crippen molar-refractivity contribution in [2.45, 2.75) is 19.4 Å². The topological polar surface area (TPSA) is 49.4 Å². The Hall–Kier alpha value is -2.76. The lowest BCUT2D eigenvalue weighted by atomic mass is 10.1. The van der Waals surface area contributed by atoms with Crippen molar-refractivity contribution >= 4 is 11.8 Å². The van der Waals surface area contributed by atoms with Crippen LogP contribution in [0.4, 0.5) is 8.78 Å². The van der Waals surface area contributed by atoms with Crippen LogP contribution >= 0.6 is 0 Å². The van der Waals surface area contributed by atoms with Gasteiger partial charge in [0, 0.05) is 32.1 Å². The molecule has 1 N–H and O–H groups in total. The molecule has 6 heteroatoms. The number of hydrogen-bond donors (Lipinski definition) is 1. The minimum Gasteiger partial charge on any atom is -0.352 e. The van der Waals surface area contributed by atoms with Crippen LogP contribution in [0.5, 0.6) is 0 Å². The molecule has 1 saturated heterocycles. The molecule has 3 rings (SSSR count). The lowest BCUT2D eigenvalue weighted by molar-refractivity contribution is -0.129. The predicted octanol–water partition coefficient (Wildman–Crippen LogP) is 2.67. The average Bonchev–Trinajstić information content (AvgIpc) is 2.99. The van der Waals surface area contributed by atoms with Crippen molar-refractivity contribution < 1.29 is 18.4 Å². The smallest absolute Gasteiger partial charge is 0.225 e. The molecule has 1 fully saturated rings. The average molecular weight is 358 g/mol. The fourth-order valence-corrected chi connectivity index (χ4v) is 3.12. The SMILES string of the molecule is O=C(NCc1cc(F)cc(F)c1)C1CC(=O)N(CCc2ccccc2)C1. The molecular weight excluding hydrogens is 338 g/mol. The van der Waals surface area contributed by atoms with Gasteiger partial charge in [-0.05, 0) is 29.7 Å². The van der Waals surface area contributed by atoms with E-state index in [2.05, 4.69) is 5.32 Å². The quantitative estimate of drug-likeness (QED) is 0.863. The molecule has 136 valence electrons. The second-order valence-electron chi connectivity index (χ2n) is 6.47. The second-order valence-corrected chi connectivity index (χ2v) is 6.47. The highest BCUT2D eigenvalue weighted by molar-refractivity contribution is 5.89. The van der Waals surface area contributed by atoms with Crippen molar-refractivity contribution in [3.63, 3.8) is 0 Å². The van der Waals surface area contributed by atoms with Crippen LogP contribution in [-0.4, -0.2) is 29.8 Å². The Kier molecular flexibility index (Phi) is 5.61. The molecule has 1 unspecified atom stereocenters. The van der Waals surface area contributed by atoms with Crippen LogP contribution in [-0.2, 0) is 22.6 Å². The Balaban J connectivity index is 1.50. The third-order valence-corrected chi connectivity index (χ3v) is 4.49. The van der Waals surface area contributed by atoms with Crippen LogP contribution in [0.15, 0.2) is 48.5 Å². The van der Waals surface area contributed by atoms with Crippen LogP contribution in [0, 0.1) is 17.6 Å². The molecule has 0 bridgehead atoms. The third-order valence-electron chi connectivity index (χ3n) is 4.49. The van der Waals surface area contributed by atoms with E-state index in [9.17, 15) is 18.4 Å². The Bertz CT molecular complexity index is 775. The van der Waals surface area contributed by atoms with Crippen molar-refractivity contribution in [1.29, 1.82) is 0 Å². The third kappa shape index (κ3) is 4.65. The Morgan fingerprint density at radius 3 is 2.46 bits per heavy atom. The molecule has 2 aromatic rings. The maximum absolute atomic E-state index is 13.2. The molecule has 1 heterocycles. The van der Waals surface area contributed by atoms with Gasteiger partial charge >= 0.3 is 0 Å². The molecule has 2 amide bonds. The summed E-state index contributed by atoms with van der Waals surface area (Å²) in [6.07, 6.45) is 0.904. The maximum Gasteiger partial charge on any atom is 0.225 e. The number of nitrogens with one attached hydrogen (secondary N) is 1. The van der Waals surface area contributed by atoms with Crippen molar-refractivity contribution in [3.05, 3.63) is 71.3 Å². The Morgan fingerprint density at radius 2 is 1.77 bits per heavy atom. The normalized spacial score (nSPS) is 16.8. The number of benzene rings is 2. The number of carbonyl (C=O) groups excluding carboxylic acids is 2. The molecule has 1 aliphatic rings. The molecule has 0 radical (unpaired) electrons. The van der Waals surface area contributed by atoms with Gasteiger partial charge in [-0.3, -0.25) is 9.59 Å². The maximum atomic E-state index is 13.2. The first-order valence-electron chi connectivity index (χ1n) is 8.55. The first kappa shape index (κ1) is 18.0. The van der Waals surface area contributed by atoms with E-state index in [0.29, 0.717) is 18.7 Å². The molecule has 0 aromatic heterocycles. The van der Waals surface area contributed by atoms with Gasteiger partial charge in [-0.2, -0.15) is 0 Å². The summed E-state index contributed by atoms with van der Waals surface area (Å²) in [5.41, 5.74) is 1.49. The fraction of sp³-hybridized carbons (Fsp3) is 0.300. The Morgan fingerprint density at radius 1 is 1.08 bits per heavy atom. The molecule has 1 atom stereocenters.